The van der Waals surface area contributed by atoms with Crippen molar-refractivity contribution in [3.8, 4) is 0 Å². The fraction of sp³-hybridized carbons (Fsp3) is 0.0526. The first-order valence-electron chi connectivity index (χ1n) is 14.6. The summed E-state index contributed by atoms with van der Waals surface area (Å²) >= 11 is 0. The number of hydrogen-bond acceptors (Lipinski definition) is 6. The number of hydrogen-bond donors (Lipinski definition) is 2. The van der Waals surface area contributed by atoms with E-state index in [1.54, 1.807) is 12.5 Å². The van der Waals surface area contributed by atoms with Gasteiger partial charge in [-0.2, -0.15) is 0 Å². The molecule has 0 aliphatic carbocycles. The average molecular weight is 573 g/mol. The molecule has 0 saturated carbocycles. The highest BCUT2D eigenvalue weighted by Crippen LogP contribution is 2.50. The van der Waals surface area contributed by atoms with Crippen LogP contribution in [0.5, 0.6) is 0 Å². The first kappa shape index (κ1) is 23.7. The standard InChI is InChI=1S/C38H24N2O4/c39-21-13-19(15-23-5-3-11-41-23)35-29(17-21)33-25-7-1-8-26-31(25)32-27(37(33)43-35)9-2-10-28(32)38-34(26)30-18-22(40)14-20(36(30)44-38)16-24-6-4-12-42-24/h1-14,17-18H,15-16,39-40H2. The van der Waals surface area contributed by atoms with Gasteiger partial charge in [-0.15, -0.1) is 0 Å². The SMILES string of the molecule is Nc1cc(Cc2ccco2)c2oc3c4cccc5c6oc7c(Cc8ccco8)cc(N)cc7c6c6cccc(c3c2c1)c6c45. The molecule has 10 rings (SSSR count). The third-order valence-corrected chi connectivity index (χ3v) is 9.07. The maximum Gasteiger partial charge on any atom is 0.143 e. The minimum atomic E-state index is 0.586. The van der Waals surface area contributed by atoms with Gasteiger partial charge in [0.15, 0.2) is 0 Å². The molecule has 0 aliphatic rings. The van der Waals surface area contributed by atoms with E-state index in [2.05, 4.69) is 36.4 Å². The Labute approximate surface area is 249 Å². The molecule has 0 saturated heterocycles. The quantitative estimate of drug-likeness (QED) is 0.161. The molecule has 0 aliphatic heterocycles. The smallest absolute Gasteiger partial charge is 0.143 e. The number of anilines is 2. The second-order valence-corrected chi connectivity index (χ2v) is 11.7. The van der Waals surface area contributed by atoms with Gasteiger partial charge in [-0.1, -0.05) is 36.4 Å². The molecule has 6 nitrogen and oxygen atoms in total. The van der Waals surface area contributed by atoms with Crippen molar-refractivity contribution in [3.63, 3.8) is 0 Å². The lowest BCUT2D eigenvalue weighted by atomic mass is 9.88. The number of nitrogens with two attached hydrogens (primary N) is 2. The van der Waals surface area contributed by atoms with Crippen molar-refractivity contribution in [1.82, 2.24) is 0 Å². The largest absolute Gasteiger partial charge is 0.469 e. The van der Waals surface area contributed by atoms with Crippen LogP contribution in [0.3, 0.4) is 0 Å². The fourth-order valence-corrected chi connectivity index (χ4v) is 7.41. The Kier molecular flexibility index (Phi) is 4.49. The van der Waals surface area contributed by atoms with E-state index in [9.17, 15) is 0 Å². The highest BCUT2D eigenvalue weighted by atomic mass is 16.3. The molecule has 4 heterocycles. The van der Waals surface area contributed by atoms with Crippen molar-refractivity contribution < 1.29 is 17.7 Å². The van der Waals surface area contributed by atoms with Crippen LogP contribution < -0.4 is 11.5 Å². The molecule has 0 atom stereocenters. The van der Waals surface area contributed by atoms with Crippen LogP contribution in [0.25, 0.3) is 76.2 Å². The normalized spacial score (nSPS) is 12.5. The highest BCUT2D eigenvalue weighted by molar-refractivity contribution is 6.43. The van der Waals surface area contributed by atoms with Crippen molar-refractivity contribution in [1.29, 1.82) is 0 Å². The first-order chi connectivity index (χ1) is 21.6. The molecule has 10 aromatic rings. The summed E-state index contributed by atoms with van der Waals surface area (Å²) in [4.78, 5) is 0. The lowest BCUT2D eigenvalue weighted by molar-refractivity contribution is 0.520. The summed E-state index contributed by atoms with van der Waals surface area (Å²) in [6.07, 6.45) is 4.56. The van der Waals surface area contributed by atoms with Gasteiger partial charge in [-0.05, 0) is 64.7 Å². The molecule has 0 amide bonds. The van der Waals surface area contributed by atoms with Crippen molar-refractivity contribution in [2.45, 2.75) is 12.8 Å². The molecule has 4 aromatic heterocycles. The zero-order valence-electron chi connectivity index (χ0n) is 23.4. The van der Waals surface area contributed by atoms with E-state index in [0.29, 0.717) is 24.2 Å². The molecule has 0 unspecified atom stereocenters. The van der Waals surface area contributed by atoms with Crippen molar-refractivity contribution in [3.05, 3.63) is 120 Å². The Morgan fingerprint density at radius 1 is 0.432 bits per heavy atom. The lowest BCUT2D eigenvalue weighted by Gasteiger charge is -2.13. The monoisotopic (exact) mass is 572 g/mol. The number of rotatable bonds is 4. The number of furan rings is 4. The number of fused-ring (bicyclic) bond motifs is 10. The second-order valence-electron chi connectivity index (χ2n) is 11.7. The minimum Gasteiger partial charge on any atom is -0.469 e. The van der Waals surface area contributed by atoms with E-state index in [-0.39, 0.29) is 0 Å². The maximum atomic E-state index is 6.81. The predicted molar refractivity (Wildman–Crippen MR) is 177 cm³/mol. The molecule has 0 radical (unpaired) electrons. The molecule has 6 heteroatoms. The van der Waals surface area contributed by atoms with Gasteiger partial charge in [0.1, 0.15) is 33.9 Å². The van der Waals surface area contributed by atoms with Crippen LogP contribution >= 0.6 is 0 Å². The first-order valence-corrected chi connectivity index (χ1v) is 14.6. The Morgan fingerprint density at radius 3 is 1.34 bits per heavy atom. The van der Waals surface area contributed by atoms with Gasteiger partial charge < -0.3 is 29.1 Å². The van der Waals surface area contributed by atoms with E-state index >= 15 is 0 Å². The minimum absolute atomic E-state index is 0.586. The van der Waals surface area contributed by atoms with Crippen LogP contribution in [-0.2, 0) is 12.8 Å². The van der Waals surface area contributed by atoms with Gasteiger partial charge in [-0.3, -0.25) is 0 Å². The third-order valence-electron chi connectivity index (χ3n) is 9.07. The van der Waals surface area contributed by atoms with Gasteiger partial charge >= 0.3 is 0 Å². The zero-order valence-corrected chi connectivity index (χ0v) is 23.4. The van der Waals surface area contributed by atoms with E-state index in [1.807, 2.05) is 48.5 Å². The summed E-state index contributed by atoms with van der Waals surface area (Å²) < 4.78 is 25.0. The molecular formula is C38H24N2O4. The van der Waals surface area contributed by atoms with Crippen molar-refractivity contribution in [2.75, 3.05) is 11.5 Å². The van der Waals surface area contributed by atoms with Gasteiger partial charge in [0, 0.05) is 73.0 Å². The Balaban J connectivity index is 1.38. The van der Waals surface area contributed by atoms with E-state index in [4.69, 9.17) is 29.1 Å². The molecule has 0 fully saturated rings. The molecular weight excluding hydrogens is 548 g/mol. The van der Waals surface area contributed by atoms with Crippen LogP contribution in [0.4, 0.5) is 11.4 Å². The average Bonchev–Trinajstić information content (AvgIpc) is 3.83. The summed E-state index contributed by atoms with van der Waals surface area (Å²) in [6.45, 7) is 0. The van der Waals surface area contributed by atoms with Crippen LogP contribution in [0.1, 0.15) is 22.6 Å². The van der Waals surface area contributed by atoms with Crippen LogP contribution in [0.15, 0.2) is 115 Å². The predicted octanol–water partition coefficient (Wildman–Crippen LogP) is 9.91. The molecule has 0 spiro atoms. The Morgan fingerprint density at radius 2 is 0.886 bits per heavy atom. The van der Waals surface area contributed by atoms with Gasteiger partial charge in [0.2, 0.25) is 0 Å². The van der Waals surface area contributed by atoms with Crippen LogP contribution in [0.2, 0.25) is 0 Å². The highest BCUT2D eigenvalue weighted by Gasteiger charge is 2.25. The van der Waals surface area contributed by atoms with E-state index in [1.165, 1.54) is 5.39 Å². The van der Waals surface area contributed by atoms with E-state index < -0.39 is 0 Å². The van der Waals surface area contributed by atoms with E-state index in [0.717, 1.165) is 93.5 Å². The van der Waals surface area contributed by atoms with Gasteiger partial charge in [-0.25, -0.2) is 0 Å². The Hall–Kier alpha value is -5.88. The molecule has 6 aromatic carbocycles. The summed E-state index contributed by atoms with van der Waals surface area (Å²) in [5.74, 6) is 1.72. The molecule has 4 N–H and O–H groups in total. The molecule has 210 valence electrons. The summed E-state index contributed by atoms with van der Waals surface area (Å²) in [7, 11) is 0. The third kappa shape index (κ3) is 3.09. The van der Waals surface area contributed by atoms with Crippen LogP contribution in [-0.4, -0.2) is 0 Å². The van der Waals surface area contributed by atoms with Crippen molar-refractivity contribution in [2.24, 2.45) is 0 Å². The lowest BCUT2D eigenvalue weighted by Crippen LogP contribution is -1.91. The van der Waals surface area contributed by atoms with Crippen LogP contribution in [0, 0.1) is 0 Å². The summed E-state index contributed by atoms with van der Waals surface area (Å²) in [5, 5.41) is 10.7. The molecule has 44 heavy (non-hydrogen) atoms. The zero-order chi connectivity index (χ0) is 29.1. The number of nitrogen functional groups attached to an aromatic ring is 2. The maximum absolute atomic E-state index is 6.81. The molecule has 0 bridgehead atoms. The fourth-order valence-electron chi connectivity index (χ4n) is 7.41. The Bertz CT molecular complexity index is 2550. The topological polar surface area (TPSA) is 105 Å². The second kappa shape index (κ2) is 8.36. The number of benzene rings is 6. The summed E-state index contributed by atoms with van der Waals surface area (Å²) in [5.41, 5.74) is 19.7. The van der Waals surface area contributed by atoms with Gasteiger partial charge in [0.05, 0.1) is 12.5 Å². The van der Waals surface area contributed by atoms with Gasteiger partial charge in [0.25, 0.3) is 0 Å². The summed E-state index contributed by atoms with van der Waals surface area (Å²) in [6, 6.07) is 28.6. The van der Waals surface area contributed by atoms with Crippen molar-refractivity contribution >= 4 is 87.6 Å².